The minimum atomic E-state index is -1.74. The van der Waals surface area contributed by atoms with Gasteiger partial charge in [-0.2, -0.15) is 0 Å². The second kappa shape index (κ2) is 7.63. The van der Waals surface area contributed by atoms with Crippen LogP contribution in [0.1, 0.15) is 0 Å². The number of aliphatic hydroxyl groups is 8. The molecule has 2 fully saturated rings. The van der Waals surface area contributed by atoms with E-state index in [0.29, 0.717) is 0 Å². The number of ether oxygens (including phenoxy) is 3. The fourth-order valence-electron chi connectivity index (χ4n) is 2.46. The first kappa shape index (κ1) is 18.9. The van der Waals surface area contributed by atoms with Gasteiger partial charge < -0.3 is 55.1 Å². The van der Waals surface area contributed by atoms with Gasteiger partial charge in [0.05, 0.1) is 13.2 Å². The van der Waals surface area contributed by atoms with E-state index >= 15 is 0 Å². The Hall–Kier alpha value is -0.440. The molecule has 1 unspecified atom stereocenters. The van der Waals surface area contributed by atoms with Crippen molar-refractivity contribution in [3.63, 3.8) is 0 Å². The van der Waals surface area contributed by atoms with Crippen LogP contribution in [0.4, 0.5) is 0 Å². The van der Waals surface area contributed by atoms with Crippen molar-refractivity contribution in [2.75, 3.05) is 13.2 Å². The number of rotatable bonds is 4. The Kier molecular flexibility index (Phi) is 6.27. The van der Waals surface area contributed by atoms with E-state index in [0.717, 1.165) is 0 Å². The lowest BCUT2D eigenvalue weighted by Crippen LogP contribution is -2.61. The third kappa shape index (κ3) is 3.81. The van der Waals surface area contributed by atoms with Crippen molar-refractivity contribution in [2.45, 2.75) is 61.4 Å². The van der Waals surface area contributed by atoms with Crippen LogP contribution >= 0.6 is 0 Å². The lowest BCUT2D eigenvalue weighted by molar-refractivity contribution is -0.325. The number of aliphatic hydroxyl groups excluding tert-OH is 8. The molecule has 0 aliphatic carbocycles. The summed E-state index contributed by atoms with van der Waals surface area (Å²) >= 11 is 0. The lowest BCUT2D eigenvalue weighted by atomic mass is 9.98. The number of hydrogen-bond acceptors (Lipinski definition) is 11. The van der Waals surface area contributed by atoms with Gasteiger partial charge in [-0.05, 0) is 0 Å². The third-order valence-electron chi connectivity index (χ3n) is 3.96. The predicted molar refractivity (Wildman–Crippen MR) is 68.6 cm³/mol. The van der Waals surface area contributed by atoms with Crippen LogP contribution in [-0.4, -0.2) is 115 Å². The summed E-state index contributed by atoms with van der Waals surface area (Å²) in [4.78, 5) is 0. The Morgan fingerprint density at radius 3 is 1.83 bits per heavy atom. The summed E-state index contributed by atoms with van der Waals surface area (Å²) in [5.74, 6) is 0. The summed E-state index contributed by atoms with van der Waals surface area (Å²) in [7, 11) is 0. The van der Waals surface area contributed by atoms with Crippen LogP contribution in [0.5, 0.6) is 0 Å². The van der Waals surface area contributed by atoms with E-state index in [1.165, 1.54) is 0 Å². The molecule has 0 aromatic carbocycles. The molecule has 0 saturated carbocycles. The van der Waals surface area contributed by atoms with E-state index in [1.807, 2.05) is 0 Å². The summed E-state index contributed by atoms with van der Waals surface area (Å²) in [6.07, 6.45) is -15.3. The van der Waals surface area contributed by atoms with E-state index in [9.17, 15) is 35.7 Å². The van der Waals surface area contributed by atoms with Gasteiger partial charge in [-0.1, -0.05) is 0 Å². The van der Waals surface area contributed by atoms with Crippen LogP contribution < -0.4 is 0 Å². The fraction of sp³-hybridized carbons (Fsp3) is 1.00. The van der Waals surface area contributed by atoms with Crippen molar-refractivity contribution in [1.82, 2.24) is 0 Å². The Bertz CT molecular complexity index is 380. The molecule has 0 amide bonds. The molecule has 11 nitrogen and oxygen atoms in total. The van der Waals surface area contributed by atoms with Crippen molar-refractivity contribution in [1.29, 1.82) is 0 Å². The molecule has 2 heterocycles. The topological polar surface area (TPSA) is 190 Å². The molecule has 11 heteroatoms. The smallest absolute Gasteiger partial charge is 0.186 e. The quantitative estimate of drug-likeness (QED) is 0.243. The van der Waals surface area contributed by atoms with Gasteiger partial charge in [-0.25, -0.2) is 0 Å². The molecule has 10 atom stereocenters. The van der Waals surface area contributed by atoms with Crippen molar-refractivity contribution in [3.8, 4) is 0 Å². The Morgan fingerprint density at radius 1 is 0.652 bits per heavy atom. The van der Waals surface area contributed by atoms with Gasteiger partial charge in [0.1, 0.15) is 48.8 Å². The second-order valence-corrected chi connectivity index (χ2v) is 5.57. The molecule has 0 aromatic rings. The molecule has 136 valence electrons. The van der Waals surface area contributed by atoms with Crippen LogP contribution in [0.15, 0.2) is 0 Å². The van der Waals surface area contributed by atoms with Crippen molar-refractivity contribution < 1.29 is 55.1 Å². The molecule has 2 aliphatic heterocycles. The van der Waals surface area contributed by atoms with Gasteiger partial charge in [-0.15, -0.1) is 0 Å². The largest absolute Gasteiger partial charge is 0.394 e. The summed E-state index contributed by atoms with van der Waals surface area (Å²) in [6, 6.07) is 0. The summed E-state index contributed by atoms with van der Waals surface area (Å²) < 4.78 is 15.1. The van der Waals surface area contributed by atoms with Crippen molar-refractivity contribution in [3.05, 3.63) is 0 Å². The van der Waals surface area contributed by atoms with E-state index in [-0.39, 0.29) is 0 Å². The van der Waals surface area contributed by atoms with Crippen LogP contribution in [0.2, 0.25) is 0 Å². The van der Waals surface area contributed by atoms with E-state index in [1.54, 1.807) is 0 Å². The summed E-state index contributed by atoms with van der Waals surface area (Å²) in [5, 5.41) is 76.1. The maximum atomic E-state index is 9.78. The van der Waals surface area contributed by atoms with Crippen LogP contribution in [0.3, 0.4) is 0 Å². The highest BCUT2D eigenvalue weighted by Gasteiger charge is 2.46. The van der Waals surface area contributed by atoms with Crippen LogP contribution in [0.25, 0.3) is 0 Å². The van der Waals surface area contributed by atoms with Crippen LogP contribution in [-0.2, 0) is 14.2 Å². The summed E-state index contributed by atoms with van der Waals surface area (Å²) in [5.41, 5.74) is 0. The maximum Gasteiger partial charge on any atom is 0.186 e. The maximum absolute atomic E-state index is 9.78. The zero-order chi connectivity index (χ0) is 17.3. The SMILES string of the molecule is OC[C@H]1O[C@H](OCC2O[C@@H](O)[C@H](O)[C@@H](O)[C@@H]2O)[C@H](O)[C@@H](O)[C@H]1O. The molecular weight excluding hydrogens is 320 g/mol. The van der Waals surface area contributed by atoms with Crippen LogP contribution in [0, 0.1) is 0 Å². The molecule has 2 aliphatic rings. The Morgan fingerprint density at radius 2 is 1.22 bits per heavy atom. The lowest BCUT2D eigenvalue weighted by Gasteiger charge is -2.41. The van der Waals surface area contributed by atoms with Gasteiger partial charge in [0.15, 0.2) is 12.6 Å². The Labute approximate surface area is 130 Å². The third-order valence-corrected chi connectivity index (χ3v) is 3.96. The average molecular weight is 342 g/mol. The molecule has 0 radical (unpaired) electrons. The molecule has 0 bridgehead atoms. The monoisotopic (exact) mass is 342 g/mol. The second-order valence-electron chi connectivity index (χ2n) is 5.57. The normalized spacial score (nSPS) is 51.7. The van der Waals surface area contributed by atoms with Crippen molar-refractivity contribution in [2.24, 2.45) is 0 Å². The first-order chi connectivity index (χ1) is 10.8. The van der Waals surface area contributed by atoms with Gasteiger partial charge in [-0.3, -0.25) is 0 Å². The minimum absolute atomic E-state index is 0.468. The minimum Gasteiger partial charge on any atom is -0.394 e. The van der Waals surface area contributed by atoms with Gasteiger partial charge in [0.2, 0.25) is 0 Å². The van der Waals surface area contributed by atoms with E-state index < -0.39 is 74.6 Å². The molecule has 0 aromatic heterocycles. The standard InChI is InChI=1S/C12H22O11/c13-1-3-5(14)8(17)10(19)12(23-3)21-2-4-6(15)7(16)9(18)11(20)22-4/h3-20H,1-2H2/t3-,4?,5+,6-,7+,8+,9-,10-,11-,12+/m1/s1. The highest BCUT2D eigenvalue weighted by atomic mass is 16.7. The molecule has 8 N–H and O–H groups in total. The van der Waals surface area contributed by atoms with Gasteiger partial charge in [0.25, 0.3) is 0 Å². The van der Waals surface area contributed by atoms with Crippen molar-refractivity contribution >= 4 is 0 Å². The number of hydrogen-bond donors (Lipinski definition) is 8. The van der Waals surface area contributed by atoms with E-state index in [4.69, 9.17) is 19.3 Å². The summed E-state index contributed by atoms with van der Waals surface area (Å²) in [6.45, 7) is -1.10. The molecule has 2 rings (SSSR count). The van der Waals surface area contributed by atoms with Gasteiger partial charge >= 0.3 is 0 Å². The highest BCUT2D eigenvalue weighted by molar-refractivity contribution is 4.91. The molecular formula is C12H22O11. The predicted octanol–water partition coefficient (Wildman–Crippen LogP) is -5.40. The van der Waals surface area contributed by atoms with Gasteiger partial charge in [0, 0.05) is 0 Å². The zero-order valence-corrected chi connectivity index (χ0v) is 12.0. The average Bonchev–Trinajstić information content (AvgIpc) is 2.54. The Balaban J connectivity index is 1.94. The van der Waals surface area contributed by atoms with E-state index in [2.05, 4.69) is 0 Å². The molecule has 23 heavy (non-hydrogen) atoms. The first-order valence-corrected chi connectivity index (χ1v) is 7.07. The molecule has 0 spiro atoms. The zero-order valence-electron chi connectivity index (χ0n) is 12.0. The highest BCUT2D eigenvalue weighted by Crippen LogP contribution is 2.24. The molecule has 2 saturated heterocycles. The first-order valence-electron chi connectivity index (χ1n) is 7.07. The fourth-order valence-corrected chi connectivity index (χ4v) is 2.46.